The van der Waals surface area contributed by atoms with E-state index < -0.39 is 0 Å². The van der Waals surface area contributed by atoms with E-state index in [1.54, 1.807) is 13.2 Å². The second-order valence-corrected chi connectivity index (χ2v) is 3.70. The van der Waals surface area contributed by atoms with Crippen LogP contribution in [-0.4, -0.2) is 7.11 Å². The zero-order valence-corrected chi connectivity index (χ0v) is 9.84. The molecular formula is C11H9BrN2O. The molecule has 1 rings (SSSR count). The molecule has 0 unspecified atom stereocenters. The van der Waals surface area contributed by atoms with Crippen molar-refractivity contribution in [3.05, 3.63) is 39.1 Å². The maximum Gasteiger partial charge on any atom is 0.241 e. The fourth-order valence-corrected chi connectivity index (χ4v) is 1.74. The molecule has 0 saturated heterocycles. The van der Waals surface area contributed by atoms with Crippen molar-refractivity contribution >= 4 is 15.9 Å². The minimum Gasteiger partial charge on any atom is -0.497 e. The maximum absolute atomic E-state index is 8.66. The summed E-state index contributed by atoms with van der Waals surface area (Å²) in [6.07, 6.45) is 0.308. The maximum atomic E-state index is 8.66. The van der Waals surface area contributed by atoms with E-state index in [1.807, 2.05) is 6.07 Å². The average Bonchev–Trinajstić information content (AvgIpc) is 2.24. The van der Waals surface area contributed by atoms with Crippen molar-refractivity contribution in [1.29, 1.82) is 5.26 Å². The van der Waals surface area contributed by atoms with Crippen LogP contribution in [0.15, 0.2) is 16.6 Å². The fourth-order valence-electron chi connectivity index (χ4n) is 1.25. The van der Waals surface area contributed by atoms with Gasteiger partial charge in [0.1, 0.15) is 5.75 Å². The molecule has 4 heteroatoms. The number of nitrogens with zero attached hydrogens (tertiary/aromatic N) is 2. The third-order valence-electron chi connectivity index (χ3n) is 1.95. The predicted octanol–water partition coefficient (Wildman–Crippen LogP) is 2.94. The van der Waals surface area contributed by atoms with Crippen LogP contribution in [0.1, 0.15) is 11.1 Å². The number of hydrogen-bond donors (Lipinski definition) is 0. The summed E-state index contributed by atoms with van der Waals surface area (Å²) in [5.74, 6) is 0.683. The number of nitriles is 1. The number of rotatable bonds is 3. The minimum absolute atomic E-state index is 0.288. The first kappa shape index (κ1) is 11.6. The highest BCUT2D eigenvalue weighted by Crippen LogP contribution is 2.28. The zero-order chi connectivity index (χ0) is 11.3. The fraction of sp³-hybridized carbons (Fsp3) is 0.273. The van der Waals surface area contributed by atoms with Crippen molar-refractivity contribution < 1.29 is 4.74 Å². The molecule has 0 radical (unpaired) electrons. The van der Waals surface area contributed by atoms with Gasteiger partial charge >= 0.3 is 0 Å². The van der Waals surface area contributed by atoms with Crippen LogP contribution in [0, 0.1) is 17.9 Å². The molecule has 0 saturated carbocycles. The molecule has 0 aromatic heterocycles. The standard InChI is InChI=1S/C11H9BrN2O/c1-14-7-9-6-10(15-2)5-8(3-4-13)11(9)12/h5-6H,3,7H2,2H3. The summed E-state index contributed by atoms with van der Waals surface area (Å²) in [7, 11) is 1.57. The molecule has 1 aromatic carbocycles. The molecule has 1 aromatic rings. The van der Waals surface area contributed by atoms with Crippen molar-refractivity contribution in [2.75, 3.05) is 7.11 Å². The largest absolute Gasteiger partial charge is 0.497 e. The highest BCUT2D eigenvalue weighted by Gasteiger charge is 2.10. The Morgan fingerprint density at radius 2 is 2.20 bits per heavy atom. The van der Waals surface area contributed by atoms with Crippen molar-refractivity contribution in [3.8, 4) is 11.8 Å². The summed E-state index contributed by atoms with van der Waals surface area (Å²) >= 11 is 3.40. The van der Waals surface area contributed by atoms with Crippen molar-refractivity contribution in [3.63, 3.8) is 0 Å². The van der Waals surface area contributed by atoms with Gasteiger partial charge in [-0.3, -0.25) is 0 Å². The second kappa shape index (κ2) is 5.38. The van der Waals surface area contributed by atoms with Gasteiger partial charge in [-0.1, -0.05) is 0 Å². The quantitative estimate of drug-likeness (QED) is 0.788. The highest BCUT2D eigenvalue weighted by atomic mass is 79.9. The lowest BCUT2D eigenvalue weighted by molar-refractivity contribution is 0.414. The van der Waals surface area contributed by atoms with Crippen LogP contribution in [0.3, 0.4) is 0 Å². The molecule has 3 nitrogen and oxygen atoms in total. The number of halogens is 1. The third kappa shape index (κ3) is 2.71. The summed E-state index contributed by atoms with van der Waals surface area (Å²) in [5, 5.41) is 8.66. The van der Waals surface area contributed by atoms with E-state index in [0.717, 1.165) is 15.6 Å². The van der Waals surface area contributed by atoms with E-state index >= 15 is 0 Å². The molecule has 0 N–H and O–H groups in total. The summed E-state index contributed by atoms with van der Waals surface area (Å²) in [6, 6.07) is 5.70. The molecular weight excluding hydrogens is 256 g/mol. The van der Waals surface area contributed by atoms with Gasteiger partial charge in [-0.05, 0) is 33.6 Å². The molecule has 0 fully saturated rings. The lowest BCUT2D eigenvalue weighted by atomic mass is 10.1. The first-order valence-electron chi connectivity index (χ1n) is 4.28. The smallest absolute Gasteiger partial charge is 0.241 e. The Hall–Kier alpha value is -1.52. The lowest BCUT2D eigenvalue weighted by Crippen LogP contribution is -1.93. The van der Waals surface area contributed by atoms with Crippen LogP contribution in [0.2, 0.25) is 0 Å². The Labute approximate surface area is 97.2 Å². The van der Waals surface area contributed by atoms with Gasteiger partial charge in [0.25, 0.3) is 0 Å². The Morgan fingerprint density at radius 3 is 2.73 bits per heavy atom. The van der Waals surface area contributed by atoms with E-state index in [1.165, 1.54) is 0 Å². The normalized spacial score (nSPS) is 9.07. The number of hydrogen-bond acceptors (Lipinski definition) is 2. The zero-order valence-electron chi connectivity index (χ0n) is 8.25. The van der Waals surface area contributed by atoms with Gasteiger partial charge in [0, 0.05) is 10.0 Å². The Bertz CT molecular complexity index is 406. The van der Waals surface area contributed by atoms with E-state index in [0.29, 0.717) is 12.2 Å². The van der Waals surface area contributed by atoms with Crippen molar-refractivity contribution in [1.82, 2.24) is 0 Å². The van der Waals surface area contributed by atoms with E-state index in [2.05, 4.69) is 26.8 Å². The molecule has 0 bridgehead atoms. The minimum atomic E-state index is 0.288. The predicted molar refractivity (Wildman–Crippen MR) is 60.3 cm³/mol. The number of benzene rings is 1. The topological polar surface area (TPSA) is 37.4 Å². The Morgan fingerprint density at radius 1 is 1.53 bits per heavy atom. The van der Waals surface area contributed by atoms with Crippen LogP contribution in [0.5, 0.6) is 5.75 Å². The van der Waals surface area contributed by atoms with Gasteiger partial charge in [0.15, 0.2) is 0 Å². The summed E-state index contributed by atoms with van der Waals surface area (Å²) in [6.45, 7) is 7.12. The van der Waals surface area contributed by atoms with Crippen LogP contribution >= 0.6 is 15.9 Å². The number of ether oxygens (including phenoxy) is 1. The second-order valence-electron chi connectivity index (χ2n) is 2.91. The SMILES string of the molecule is [C-]#[N+]Cc1cc(OC)cc(CC#N)c1Br. The van der Waals surface area contributed by atoms with Gasteiger partial charge in [0.05, 0.1) is 19.6 Å². The molecule has 0 aliphatic carbocycles. The Kier molecular flexibility index (Phi) is 4.15. The molecule has 0 heterocycles. The third-order valence-corrected chi connectivity index (χ3v) is 2.97. The van der Waals surface area contributed by atoms with Crippen LogP contribution in [-0.2, 0) is 13.0 Å². The van der Waals surface area contributed by atoms with Crippen LogP contribution in [0.4, 0.5) is 0 Å². The molecule has 0 aliphatic rings. The van der Waals surface area contributed by atoms with Gasteiger partial charge in [-0.2, -0.15) is 5.26 Å². The van der Waals surface area contributed by atoms with Gasteiger partial charge < -0.3 is 9.58 Å². The summed E-state index contributed by atoms with van der Waals surface area (Å²) in [5.41, 5.74) is 1.71. The molecule has 0 aliphatic heterocycles. The summed E-state index contributed by atoms with van der Waals surface area (Å²) in [4.78, 5) is 3.32. The lowest BCUT2D eigenvalue weighted by Gasteiger charge is -2.07. The van der Waals surface area contributed by atoms with Crippen LogP contribution in [0.25, 0.3) is 4.85 Å². The van der Waals surface area contributed by atoms with E-state index in [9.17, 15) is 0 Å². The van der Waals surface area contributed by atoms with Crippen molar-refractivity contribution in [2.45, 2.75) is 13.0 Å². The Balaban J connectivity index is 3.22. The monoisotopic (exact) mass is 264 g/mol. The molecule has 76 valence electrons. The summed E-state index contributed by atoms with van der Waals surface area (Å²) < 4.78 is 5.94. The molecule has 0 amide bonds. The van der Waals surface area contributed by atoms with Crippen LogP contribution < -0.4 is 4.74 Å². The van der Waals surface area contributed by atoms with Gasteiger partial charge in [-0.25, -0.2) is 6.57 Å². The van der Waals surface area contributed by atoms with E-state index in [-0.39, 0.29) is 6.54 Å². The first-order chi connectivity index (χ1) is 7.22. The van der Waals surface area contributed by atoms with Crippen molar-refractivity contribution in [2.24, 2.45) is 0 Å². The van der Waals surface area contributed by atoms with Gasteiger partial charge in [-0.15, -0.1) is 0 Å². The average molecular weight is 265 g/mol. The molecule has 0 atom stereocenters. The highest BCUT2D eigenvalue weighted by molar-refractivity contribution is 9.10. The molecule has 15 heavy (non-hydrogen) atoms. The first-order valence-corrected chi connectivity index (χ1v) is 5.07. The van der Waals surface area contributed by atoms with E-state index in [4.69, 9.17) is 16.6 Å². The van der Waals surface area contributed by atoms with Gasteiger partial charge in [0.2, 0.25) is 6.54 Å². The number of methoxy groups -OCH3 is 1. The molecule has 0 spiro atoms.